The summed E-state index contributed by atoms with van der Waals surface area (Å²) in [6.07, 6.45) is 1.54. The third-order valence-corrected chi connectivity index (χ3v) is 3.78. The Morgan fingerprint density at radius 1 is 1.10 bits per heavy atom. The lowest BCUT2D eigenvalue weighted by Crippen LogP contribution is -2.16. The highest BCUT2D eigenvalue weighted by Gasteiger charge is 2.17. The van der Waals surface area contributed by atoms with Gasteiger partial charge in [-0.3, -0.25) is 4.79 Å². The fourth-order valence-corrected chi connectivity index (χ4v) is 2.46. The number of carboxylic acid groups (broad SMARTS) is 1. The second kappa shape index (κ2) is 6.15. The Balaban J connectivity index is 2.38. The van der Waals surface area contributed by atoms with Gasteiger partial charge in [0, 0.05) is 10.7 Å². The van der Waals surface area contributed by atoms with E-state index in [1.165, 1.54) is 6.07 Å². The summed E-state index contributed by atoms with van der Waals surface area (Å²) in [4.78, 5) is 27.3. The van der Waals surface area contributed by atoms with Gasteiger partial charge in [0.25, 0.3) is 5.91 Å². The molecule has 102 valence electrons. The Morgan fingerprint density at radius 2 is 1.80 bits per heavy atom. The first-order valence-electron chi connectivity index (χ1n) is 5.44. The molecule has 20 heavy (non-hydrogen) atoms. The largest absolute Gasteiger partial charge is 0.478 e. The average Bonchev–Trinajstić information content (AvgIpc) is 2.41. The molecule has 0 aliphatic carbocycles. The second-order valence-corrected chi connectivity index (χ2v) is 5.37. The van der Waals surface area contributed by atoms with Gasteiger partial charge < -0.3 is 10.4 Å². The Morgan fingerprint density at radius 3 is 2.45 bits per heavy atom. The summed E-state index contributed by atoms with van der Waals surface area (Å²) in [5, 5.41) is 11.7. The predicted octanol–water partition coefficient (Wildman–Crippen LogP) is 3.56. The number of carboxylic acids is 1. The lowest BCUT2D eigenvalue weighted by Gasteiger charge is -2.11. The summed E-state index contributed by atoms with van der Waals surface area (Å²) in [6, 6.07) is 7.87. The molecule has 5 nitrogen and oxygen atoms in total. The zero-order valence-electron chi connectivity index (χ0n) is 9.93. The molecule has 0 atom stereocenters. The van der Waals surface area contributed by atoms with E-state index in [4.69, 9.17) is 5.11 Å². The van der Waals surface area contributed by atoms with Gasteiger partial charge in [-0.2, -0.15) is 0 Å². The summed E-state index contributed by atoms with van der Waals surface area (Å²) in [5.74, 6) is -1.56. The molecule has 1 aromatic heterocycles. The fraction of sp³-hybridized carbons (Fsp3) is 0. The van der Waals surface area contributed by atoms with E-state index in [-0.39, 0.29) is 11.3 Å². The molecule has 1 aromatic carbocycles. The van der Waals surface area contributed by atoms with Crippen LogP contribution in [0.4, 0.5) is 5.69 Å². The number of nitrogens with one attached hydrogen (secondary N) is 1. The van der Waals surface area contributed by atoms with Crippen LogP contribution >= 0.6 is 31.9 Å². The first-order valence-corrected chi connectivity index (χ1v) is 7.03. The van der Waals surface area contributed by atoms with Crippen LogP contribution in [0.15, 0.2) is 45.6 Å². The lowest BCUT2D eigenvalue weighted by molar-refractivity contribution is 0.0698. The van der Waals surface area contributed by atoms with Crippen LogP contribution in [0.2, 0.25) is 0 Å². The number of pyridine rings is 1. The fourth-order valence-electron chi connectivity index (χ4n) is 1.57. The highest BCUT2D eigenvalue weighted by molar-refractivity contribution is 9.10. The summed E-state index contributed by atoms with van der Waals surface area (Å²) in [5.41, 5.74) is 0.535. The molecule has 2 N–H and O–H groups in total. The van der Waals surface area contributed by atoms with Crippen LogP contribution in [0.5, 0.6) is 0 Å². The second-order valence-electron chi connectivity index (χ2n) is 3.76. The van der Waals surface area contributed by atoms with Gasteiger partial charge in [0.1, 0.15) is 4.60 Å². The maximum Gasteiger partial charge on any atom is 0.337 e. The molecule has 1 heterocycles. The molecule has 0 aliphatic heterocycles. The molecule has 0 unspecified atom stereocenters. The van der Waals surface area contributed by atoms with E-state index < -0.39 is 11.9 Å². The summed E-state index contributed by atoms with van der Waals surface area (Å²) in [6.45, 7) is 0. The molecule has 0 saturated carbocycles. The Hall–Kier alpha value is -1.73. The molecule has 0 aliphatic rings. The lowest BCUT2D eigenvalue weighted by atomic mass is 10.1. The van der Waals surface area contributed by atoms with Crippen LogP contribution in [-0.2, 0) is 0 Å². The Kier molecular flexibility index (Phi) is 4.51. The van der Waals surface area contributed by atoms with Crippen molar-refractivity contribution in [3.05, 3.63) is 56.7 Å². The van der Waals surface area contributed by atoms with Gasteiger partial charge in [-0.1, -0.05) is 6.07 Å². The molecule has 2 rings (SSSR count). The van der Waals surface area contributed by atoms with Crippen molar-refractivity contribution in [3.63, 3.8) is 0 Å². The summed E-state index contributed by atoms with van der Waals surface area (Å²) < 4.78 is 0.882. The van der Waals surface area contributed by atoms with Crippen molar-refractivity contribution in [2.75, 3.05) is 5.32 Å². The normalized spacial score (nSPS) is 10.1. The number of rotatable bonds is 3. The molecular formula is C13H8Br2N2O3. The minimum Gasteiger partial charge on any atom is -0.478 e. The van der Waals surface area contributed by atoms with Gasteiger partial charge in [0.15, 0.2) is 0 Å². The number of amides is 1. The predicted molar refractivity (Wildman–Crippen MR) is 81.0 cm³/mol. The van der Waals surface area contributed by atoms with Crippen molar-refractivity contribution < 1.29 is 14.7 Å². The van der Waals surface area contributed by atoms with Gasteiger partial charge in [0.05, 0.1) is 16.8 Å². The number of carbonyl (C=O) groups is 2. The zero-order valence-corrected chi connectivity index (χ0v) is 13.1. The van der Waals surface area contributed by atoms with Crippen LogP contribution in [0.25, 0.3) is 0 Å². The third kappa shape index (κ3) is 3.05. The van der Waals surface area contributed by atoms with Crippen LogP contribution in [0.3, 0.4) is 0 Å². The zero-order chi connectivity index (χ0) is 14.7. The Labute approximate surface area is 131 Å². The van der Waals surface area contributed by atoms with Gasteiger partial charge in [-0.15, -0.1) is 0 Å². The van der Waals surface area contributed by atoms with E-state index in [2.05, 4.69) is 42.2 Å². The van der Waals surface area contributed by atoms with Crippen molar-refractivity contribution in [3.8, 4) is 0 Å². The molecule has 2 aromatic rings. The molecule has 0 saturated heterocycles. The number of benzene rings is 1. The number of nitrogens with zero attached hydrogens (tertiary/aromatic N) is 1. The third-order valence-electron chi connectivity index (χ3n) is 2.49. The average molecular weight is 400 g/mol. The molecule has 7 heteroatoms. The summed E-state index contributed by atoms with van der Waals surface area (Å²) >= 11 is 6.41. The number of halogens is 2. The molecule has 1 amide bonds. The van der Waals surface area contributed by atoms with Crippen molar-refractivity contribution in [2.24, 2.45) is 0 Å². The molecule has 0 radical (unpaired) electrons. The van der Waals surface area contributed by atoms with Crippen LogP contribution in [0, 0.1) is 0 Å². The van der Waals surface area contributed by atoms with Crippen LogP contribution in [-0.4, -0.2) is 22.0 Å². The van der Waals surface area contributed by atoms with E-state index in [9.17, 15) is 9.59 Å². The van der Waals surface area contributed by atoms with Crippen molar-refractivity contribution in [1.82, 2.24) is 4.98 Å². The topological polar surface area (TPSA) is 79.3 Å². The van der Waals surface area contributed by atoms with E-state index in [1.54, 1.807) is 30.5 Å². The number of hydrogen-bond acceptors (Lipinski definition) is 3. The quantitative estimate of drug-likeness (QED) is 0.773. The molecular weight excluding hydrogens is 392 g/mol. The van der Waals surface area contributed by atoms with E-state index in [1.807, 2.05) is 0 Å². The maximum absolute atomic E-state index is 12.2. The molecule has 0 spiro atoms. The van der Waals surface area contributed by atoms with Crippen molar-refractivity contribution in [1.29, 1.82) is 0 Å². The first kappa shape index (κ1) is 14.7. The van der Waals surface area contributed by atoms with Crippen LogP contribution < -0.4 is 5.32 Å². The van der Waals surface area contributed by atoms with Crippen molar-refractivity contribution >= 4 is 49.4 Å². The minimum atomic E-state index is -1.12. The first-order chi connectivity index (χ1) is 9.50. The number of aromatic nitrogens is 1. The highest BCUT2D eigenvalue weighted by Crippen LogP contribution is 2.27. The van der Waals surface area contributed by atoms with Gasteiger partial charge >= 0.3 is 5.97 Å². The van der Waals surface area contributed by atoms with Crippen LogP contribution in [0.1, 0.15) is 20.7 Å². The van der Waals surface area contributed by atoms with Gasteiger partial charge in [-0.25, -0.2) is 9.78 Å². The monoisotopic (exact) mass is 398 g/mol. The highest BCUT2D eigenvalue weighted by atomic mass is 79.9. The standard InChI is InChI=1S/C13H8Br2N2O3/c14-9-5-1-3-7(13(19)20)10(9)17-12(18)8-4-2-6-16-11(8)15/h1-6H,(H,17,18)(H,19,20). The van der Waals surface area contributed by atoms with Crippen molar-refractivity contribution in [2.45, 2.75) is 0 Å². The number of anilines is 1. The number of aromatic carboxylic acids is 1. The SMILES string of the molecule is O=C(Nc1c(Br)cccc1C(=O)O)c1cccnc1Br. The number of carbonyl (C=O) groups excluding carboxylic acids is 1. The smallest absolute Gasteiger partial charge is 0.337 e. The van der Waals surface area contributed by atoms with E-state index in [0.29, 0.717) is 14.6 Å². The molecule has 0 fully saturated rings. The summed E-state index contributed by atoms with van der Waals surface area (Å²) in [7, 11) is 0. The van der Waals surface area contributed by atoms with Gasteiger partial charge in [-0.05, 0) is 56.1 Å². The maximum atomic E-state index is 12.2. The number of hydrogen-bond donors (Lipinski definition) is 2. The Bertz CT molecular complexity index is 689. The van der Waals surface area contributed by atoms with E-state index >= 15 is 0 Å². The number of para-hydroxylation sites is 1. The minimum absolute atomic E-state index is 0.00716. The molecule has 0 bridgehead atoms. The van der Waals surface area contributed by atoms with Gasteiger partial charge in [0.2, 0.25) is 0 Å². The van der Waals surface area contributed by atoms with E-state index in [0.717, 1.165) is 0 Å².